The van der Waals surface area contributed by atoms with Gasteiger partial charge in [0.1, 0.15) is 0 Å². The molecule has 0 amide bonds. The van der Waals surface area contributed by atoms with Crippen LogP contribution < -0.4 is 0 Å². The van der Waals surface area contributed by atoms with Crippen LogP contribution in [0.4, 0.5) is 0 Å². The van der Waals surface area contributed by atoms with Crippen molar-refractivity contribution in [1.29, 1.82) is 0 Å². The SMILES string of the molecule is C=C/C=C\C(=C)C(=C)/C=C(/C)C(=C)C.CC. The standard InChI is InChI=1S/C14H18.C2H6/c1-7-8-9-12(4)14(6)10-13(5)11(2)3;1-2/h7-10H,1-2,4,6H2,3,5H3;1-2H3/b9-8-,13-10-;. The van der Waals surface area contributed by atoms with Gasteiger partial charge < -0.3 is 0 Å². The molecule has 0 fully saturated rings. The Kier molecular flexibility index (Phi) is 10.5. The average Bonchev–Trinajstić information content (AvgIpc) is 2.28. The fourth-order valence-corrected chi connectivity index (χ4v) is 0.768. The van der Waals surface area contributed by atoms with Crippen molar-refractivity contribution in [3.05, 3.63) is 72.9 Å². The smallest absolute Gasteiger partial charge is 0.0259 e. The molecule has 0 aromatic carbocycles. The van der Waals surface area contributed by atoms with Gasteiger partial charge in [0.15, 0.2) is 0 Å². The van der Waals surface area contributed by atoms with E-state index in [1.807, 2.05) is 45.9 Å². The van der Waals surface area contributed by atoms with E-state index in [-0.39, 0.29) is 0 Å². The minimum Gasteiger partial charge on any atom is -0.0991 e. The lowest BCUT2D eigenvalue weighted by atomic mass is 10.0. The third kappa shape index (κ3) is 7.81. The van der Waals surface area contributed by atoms with Gasteiger partial charge in [-0.2, -0.15) is 0 Å². The summed E-state index contributed by atoms with van der Waals surface area (Å²) in [5.41, 5.74) is 3.98. The van der Waals surface area contributed by atoms with Gasteiger partial charge in [-0.15, -0.1) is 0 Å². The van der Waals surface area contributed by atoms with Gasteiger partial charge in [0, 0.05) is 0 Å². The molecule has 0 aliphatic carbocycles. The van der Waals surface area contributed by atoms with Crippen LogP contribution in [0.2, 0.25) is 0 Å². The Balaban J connectivity index is 0. The minimum atomic E-state index is 0.894. The van der Waals surface area contributed by atoms with Gasteiger partial charge in [-0.05, 0) is 30.6 Å². The molecule has 0 heterocycles. The normalized spacial score (nSPS) is 10.4. The topological polar surface area (TPSA) is 0 Å². The van der Waals surface area contributed by atoms with Crippen LogP contribution in [-0.2, 0) is 0 Å². The van der Waals surface area contributed by atoms with Gasteiger partial charge >= 0.3 is 0 Å². The first-order chi connectivity index (χ1) is 7.49. The maximum absolute atomic E-state index is 3.93. The Morgan fingerprint density at radius 1 is 0.938 bits per heavy atom. The zero-order valence-corrected chi connectivity index (χ0v) is 11.1. The molecule has 0 saturated carbocycles. The molecule has 0 heteroatoms. The second-order valence-corrected chi connectivity index (χ2v) is 3.25. The molecule has 0 aromatic rings. The van der Waals surface area contributed by atoms with Gasteiger partial charge in [-0.25, -0.2) is 0 Å². The van der Waals surface area contributed by atoms with E-state index >= 15 is 0 Å². The maximum Gasteiger partial charge on any atom is -0.0259 e. The van der Waals surface area contributed by atoms with Crippen LogP contribution in [0, 0.1) is 0 Å². The molecule has 0 saturated heterocycles. The molecule has 0 aliphatic rings. The third-order valence-electron chi connectivity index (χ3n) is 1.91. The highest BCUT2D eigenvalue weighted by Crippen LogP contribution is 2.14. The largest absolute Gasteiger partial charge is 0.0991 e. The van der Waals surface area contributed by atoms with Crippen molar-refractivity contribution in [2.75, 3.05) is 0 Å². The fraction of sp³-hybridized carbons (Fsp3) is 0.250. The zero-order valence-electron chi connectivity index (χ0n) is 11.1. The Labute approximate surface area is 101 Å². The van der Waals surface area contributed by atoms with E-state index in [9.17, 15) is 0 Å². The number of hydrogen-bond donors (Lipinski definition) is 0. The van der Waals surface area contributed by atoms with E-state index in [0.717, 1.165) is 22.3 Å². The van der Waals surface area contributed by atoms with Crippen LogP contribution in [-0.4, -0.2) is 0 Å². The van der Waals surface area contributed by atoms with Crippen LogP contribution in [0.3, 0.4) is 0 Å². The molecule has 0 rings (SSSR count). The van der Waals surface area contributed by atoms with E-state index in [4.69, 9.17) is 0 Å². The summed E-state index contributed by atoms with van der Waals surface area (Å²) in [5.74, 6) is 0. The summed E-state index contributed by atoms with van der Waals surface area (Å²) in [6, 6.07) is 0. The van der Waals surface area contributed by atoms with Gasteiger partial charge in [0.2, 0.25) is 0 Å². The lowest BCUT2D eigenvalue weighted by Crippen LogP contribution is -1.82. The molecule has 0 N–H and O–H groups in total. The predicted octanol–water partition coefficient (Wildman–Crippen LogP) is 5.39. The third-order valence-corrected chi connectivity index (χ3v) is 1.91. The van der Waals surface area contributed by atoms with Crippen molar-refractivity contribution in [1.82, 2.24) is 0 Å². The van der Waals surface area contributed by atoms with Crippen molar-refractivity contribution in [2.45, 2.75) is 27.7 Å². The molecule has 0 nitrogen and oxygen atoms in total. The lowest BCUT2D eigenvalue weighted by Gasteiger charge is -2.02. The number of allylic oxidation sites excluding steroid dienone is 8. The molecule has 0 aromatic heterocycles. The van der Waals surface area contributed by atoms with Crippen molar-refractivity contribution in [3.63, 3.8) is 0 Å². The average molecular weight is 216 g/mol. The Bertz CT molecular complexity index is 322. The molecule has 16 heavy (non-hydrogen) atoms. The van der Waals surface area contributed by atoms with Crippen LogP contribution in [0.25, 0.3) is 0 Å². The lowest BCUT2D eigenvalue weighted by molar-refractivity contribution is 1.35. The van der Waals surface area contributed by atoms with Gasteiger partial charge in [-0.1, -0.05) is 70.0 Å². The predicted molar refractivity (Wildman–Crippen MR) is 77.5 cm³/mol. The summed E-state index contributed by atoms with van der Waals surface area (Å²) in [6.45, 7) is 23.3. The molecular weight excluding hydrogens is 192 g/mol. The monoisotopic (exact) mass is 216 g/mol. The maximum atomic E-state index is 3.93. The Morgan fingerprint density at radius 2 is 1.44 bits per heavy atom. The van der Waals surface area contributed by atoms with Gasteiger partial charge in [0.25, 0.3) is 0 Å². The molecule has 0 aliphatic heterocycles. The van der Waals surface area contributed by atoms with Crippen LogP contribution >= 0.6 is 0 Å². The van der Waals surface area contributed by atoms with Crippen LogP contribution in [0.15, 0.2) is 72.9 Å². The van der Waals surface area contributed by atoms with Crippen molar-refractivity contribution >= 4 is 0 Å². The number of rotatable bonds is 5. The first kappa shape index (κ1) is 16.9. The second kappa shape index (κ2) is 9.97. The highest BCUT2D eigenvalue weighted by Gasteiger charge is 1.94. The summed E-state index contributed by atoms with van der Waals surface area (Å²) in [5, 5.41) is 0. The minimum absolute atomic E-state index is 0.894. The van der Waals surface area contributed by atoms with Gasteiger partial charge in [-0.3, -0.25) is 0 Å². The first-order valence-corrected chi connectivity index (χ1v) is 5.50. The Hall–Kier alpha value is -1.56. The first-order valence-electron chi connectivity index (χ1n) is 5.50. The van der Waals surface area contributed by atoms with Crippen molar-refractivity contribution < 1.29 is 0 Å². The summed E-state index contributed by atoms with van der Waals surface area (Å²) in [4.78, 5) is 0. The second-order valence-electron chi connectivity index (χ2n) is 3.25. The fourth-order valence-electron chi connectivity index (χ4n) is 0.768. The van der Waals surface area contributed by atoms with E-state index in [1.54, 1.807) is 6.08 Å². The van der Waals surface area contributed by atoms with E-state index < -0.39 is 0 Å². The summed E-state index contributed by atoms with van der Waals surface area (Å²) >= 11 is 0. The van der Waals surface area contributed by atoms with E-state index in [2.05, 4.69) is 26.3 Å². The van der Waals surface area contributed by atoms with E-state index in [0.29, 0.717) is 0 Å². The van der Waals surface area contributed by atoms with Crippen LogP contribution in [0.1, 0.15) is 27.7 Å². The molecule has 0 unspecified atom stereocenters. The Morgan fingerprint density at radius 3 is 1.81 bits per heavy atom. The molecule has 0 bridgehead atoms. The number of hydrogen-bond acceptors (Lipinski definition) is 0. The molecular formula is C16H24. The molecule has 88 valence electrons. The quantitative estimate of drug-likeness (QED) is 0.540. The van der Waals surface area contributed by atoms with Gasteiger partial charge in [0.05, 0.1) is 0 Å². The van der Waals surface area contributed by atoms with Crippen LogP contribution in [0.5, 0.6) is 0 Å². The highest BCUT2D eigenvalue weighted by molar-refractivity contribution is 5.46. The highest BCUT2D eigenvalue weighted by atomic mass is 14.0. The molecule has 0 spiro atoms. The van der Waals surface area contributed by atoms with E-state index in [1.165, 1.54) is 0 Å². The van der Waals surface area contributed by atoms with Crippen molar-refractivity contribution in [2.24, 2.45) is 0 Å². The summed E-state index contributed by atoms with van der Waals surface area (Å²) in [6.07, 6.45) is 7.43. The summed E-state index contributed by atoms with van der Waals surface area (Å²) in [7, 11) is 0. The molecule has 0 radical (unpaired) electrons. The zero-order chi connectivity index (χ0) is 13.1. The molecule has 0 atom stereocenters. The summed E-state index contributed by atoms with van der Waals surface area (Å²) < 4.78 is 0. The van der Waals surface area contributed by atoms with Crippen molar-refractivity contribution in [3.8, 4) is 0 Å².